The molecule has 0 aliphatic carbocycles. The van der Waals surface area contributed by atoms with Gasteiger partial charge < -0.3 is 5.32 Å². The Morgan fingerprint density at radius 3 is 2.13 bits per heavy atom. The molecule has 1 aromatic rings. The summed E-state index contributed by atoms with van der Waals surface area (Å²) in [7, 11) is 0. The molecular weight excluding hydrogens is 186 g/mol. The summed E-state index contributed by atoms with van der Waals surface area (Å²) in [5, 5.41) is 3.39. The third kappa shape index (κ3) is 3.50. The van der Waals surface area contributed by atoms with Crippen molar-refractivity contribution in [2.24, 2.45) is 5.92 Å². The number of nitrogens with one attached hydrogen (secondary N) is 1. The van der Waals surface area contributed by atoms with Gasteiger partial charge in [-0.3, -0.25) is 0 Å². The van der Waals surface area contributed by atoms with Crippen molar-refractivity contribution in [3.05, 3.63) is 17.5 Å². The van der Waals surface area contributed by atoms with Crippen LogP contribution in [0.3, 0.4) is 0 Å². The summed E-state index contributed by atoms with van der Waals surface area (Å²) in [4.78, 5) is 8.76. The van der Waals surface area contributed by atoms with Crippen LogP contribution in [0.4, 0.5) is 5.95 Å². The fourth-order valence-corrected chi connectivity index (χ4v) is 1.70. The Morgan fingerprint density at radius 1 is 1.20 bits per heavy atom. The van der Waals surface area contributed by atoms with Gasteiger partial charge >= 0.3 is 0 Å². The molecule has 0 bridgehead atoms. The van der Waals surface area contributed by atoms with Gasteiger partial charge in [0.2, 0.25) is 5.95 Å². The molecule has 0 aromatic carbocycles. The summed E-state index contributed by atoms with van der Waals surface area (Å²) < 4.78 is 0. The lowest BCUT2D eigenvalue weighted by molar-refractivity contribution is 0.508. The third-order valence-corrected chi connectivity index (χ3v) is 2.54. The highest BCUT2D eigenvalue weighted by molar-refractivity contribution is 5.29. The second-order valence-electron chi connectivity index (χ2n) is 4.38. The summed E-state index contributed by atoms with van der Waals surface area (Å²) in [5.74, 6) is 1.35. The largest absolute Gasteiger partial charge is 0.351 e. The van der Waals surface area contributed by atoms with Crippen molar-refractivity contribution >= 4 is 5.95 Å². The molecule has 1 heterocycles. The molecule has 1 unspecified atom stereocenters. The van der Waals surface area contributed by atoms with Gasteiger partial charge in [0.15, 0.2) is 0 Å². The lowest BCUT2D eigenvalue weighted by Gasteiger charge is -2.20. The molecule has 1 N–H and O–H groups in total. The van der Waals surface area contributed by atoms with Gasteiger partial charge in [0, 0.05) is 17.4 Å². The molecule has 84 valence electrons. The number of aromatic nitrogens is 2. The predicted octanol–water partition coefficient (Wildman–Crippen LogP) is 2.94. The first kappa shape index (κ1) is 12.0. The first-order valence-corrected chi connectivity index (χ1v) is 5.61. The molecule has 0 amide bonds. The maximum Gasteiger partial charge on any atom is 0.223 e. The summed E-state index contributed by atoms with van der Waals surface area (Å²) in [5.41, 5.74) is 2.03. The maximum absolute atomic E-state index is 4.38. The van der Waals surface area contributed by atoms with Crippen LogP contribution in [-0.2, 0) is 0 Å². The fourth-order valence-electron chi connectivity index (χ4n) is 1.70. The van der Waals surface area contributed by atoms with E-state index in [0.717, 1.165) is 23.8 Å². The smallest absolute Gasteiger partial charge is 0.223 e. The van der Waals surface area contributed by atoms with Crippen molar-refractivity contribution in [3.63, 3.8) is 0 Å². The van der Waals surface area contributed by atoms with Crippen LogP contribution in [0, 0.1) is 19.8 Å². The van der Waals surface area contributed by atoms with E-state index >= 15 is 0 Å². The van der Waals surface area contributed by atoms with Gasteiger partial charge in [0.25, 0.3) is 0 Å². The van der Waals surface area contributed by atoms with Crippen molar-refractivity contribution in [3.8, 4) is 0 Å². The molecule has 0 aliphatic heterocycles. The highest BCUT2D eigenvalue weighted by Crippen LogP contribution is 2.12. The van der Waals surface area contributed by atoms with E-state index in [4.69, 9.17) is 0 Å². The van der Waals surface area contributed by atoms with Gasteiger partial charge in [-0.15, -0.1) is 0 Å². The minimum atomic E-state index is 0.450. The first-order chi connectivity index (χ1) is 7.02. The Morgan fingerprint density at radius 2 is 1.73 bits per heavy atom. The van der Waals surface area contributed by atoms with Gasteiger partial charge in [-0.1, -0.05) is 20.8 Å². The number of hydrogen-bond donors (Lipinski definition) is 1. The second kappa shape index (κ2) is 5.10. The zero-order valence-corrected chi connectivity index (χ0v) is 10.3. The Labute approximate surface area is 92.3 Å². The Hall–Kier alpha value is -1.12. The predicted molar refractivity (Wildman–Crippen MR) is 64.0 cm³/mol. The minimum Gasteiger partial charge on any atom is -0.351 e. The van der Waals surface area contributed by atoms with E-state index in [9.17, 15) is 0 Å². The summed E-state index contributed by atoms with van der Waals surface area (Å²) in [6.07, 6.45) is 1.09. The van der Waals surface area contributed by atoms with Gasteiger partial charge in [-0.05, 0) is 32.3 Å². The summed E-state index contributed by atoms with van der Waals surface area (Å²) >= 11 is 0. The highest BCUT2D eigenvalue weighted by Gasteiger charge is 2.12. The number of anilines is 1. The highest BCUT2D eigenvalue weighted by atomic mass is 15.1. The van der Waals surface area contributed by atoms with Crippen molar-refractivity contribution in [2.45, 2.75) is 47.1 Å². The number of rotatable bonds is 4. The van der Waals surface area contributed by atoms with Crippen LogP contribution in [0.2, 0.25) is 0 Å². The molecule has 15 heavy (non-hydrogen) atoms. The van der Waals surface area contributed by atoms with Gasteiger partial charge in [0.1, 0.15) is 0 Å². The van der Waals surface area contributed by atoms with Crippen LogP contribution in [0.1, 0.15) is 38.6 Å². The quantitative estimate of drug-likeness (QED) is 0.825. The topological polar surface area (TPSA) is 37.8 Å². The lowest BCUT2D eigenvalue weighted by atomic mass is 10.0. The molecule has 0 fully saturated rings. The summed E-state index contributed by atoms with van der Waals surface area (Å²) in [6, 6.07) is 2.44. The molecule has 0 saturated carbocycles. The average Bonchev–Trinajstić information content (AvgIpc) is 2.12. The van der Waals surface area contributed by atoms with Crippen LogP contribution >= 0.6 is 0 Å². The van der Waals surface area contributed by atoms with E-state index in [2.05, 4.69) is 36.1 Å². The number of aryl methyl sites for hydroxylation is 2. The number of hydrogen-bond acceptors (Lipinski definition) is 3. The minimum absolute atomic E-state index is 0.450. The Kier molecular flexibility index (Phi) is 4.06. The van der Waals surface area contributed by atoms with Crippen LogP contribution in [0.15, 0.2) is 6.07 Å². The van der Waals surface area contributed by atoms with Crippen molar-refractivity contribution < 1.29 is 0 Å². The SMILES string of the molecule is CCC(Nc1nc(C)cc(C)n1)C(C)C. The monoisotopic (exact) mass is 207 g/mol. The number of nitrogens with zero attached hydrogens (tertiary/aromatic N) is 2. The Balaban J connectivity index is 2.79. The molecule has 1 aromatic heterocycles. The maximum atomic E-state index is 4.38. The molecule has 0 aliphatic rings. The van der Waals surface area contributed by atoms with Crippen molar-refractivity contribution in [1.29, 1.82) is 0 Å². The fraction of sp³-hybridized carbons (Fsp3) is 0.667. The van der Waals surface area contributed by atoms with E-state index in [-0.39, 0.29) is 0 Å². The van der Waals surface area contributed by atoms with Gasteiger partial charge in [0.05, 0.1) is 0 Å². The van der Waals surface area contributed by atoms with Crippen LogP contribution in [-0.4, -0.2) is 16.0 Å². The molecule has 3 heteroatoms. The van der Waals surface area contributed by atoms with Crippen LogP contribution < -0.4 is 5.32 Å². The van der Waals surface area contributed by atoms with Crippen LogP contribution in [0.25, 0.3) is 0 Å². The zero-order chi connectivity index (χ0) is 11.4. The van der Waals surface area contributed by atoms with E-state index in [0.29, 0.717) is 12.0 Å². The van der Waals surface area contributed by atoms with Crippen molar-refractivity contribution in [2.75, 3.05) is 5.32 Å². The van der Waals surface area contributed by atoms with Crippen LogP contribution in [0.5, 0.6) is 0 Å². The average molecular weight is 207 g/mol. The molecular formula is C12H21N3. The molecule has 0 radical (unpaired) electrons. The van der Waals surface area contributed by atoms with E-state index in [1.54, 1.807) is 0 Å². The van der Waals surface area contributed by atoms with Crippen molar-refractivity contribution in [1.82, 2.24) is 9.97 Å². The Bertz CT molecular complexity index is 300. The second-order valence-corrected chi connectivity index (χ2v) is 4.38. The van der Waals surface area contributed by atoms with E-state index in [1.165, 1.54) is 0 Å². The standard InChI is InChI=1S/C12H21N3/c1-6-11(8(2)3)15-12-13-9(4)7-10(5)14-12/h7-8,11H,6H2,1-5H3,(H,13,14,15). The molecule has 3 nitrogen and oxygen atoms in total. The molecule has 0 spiro atoms. The van der Waals surface area contributed by atoms with Gasteiger partial charge in [-0.25, -0.2) is 9.97 Å². The van der Waals surface area contributed by atoms with E-state index < -0.39 is 0 Å². The molecule has 0 saturated heterocycles. The first-order valence-electron chi connectivity index (χ1n) is 5.61. The zero-order valence-electron chi connectivity index (χ0n) is 10.3. The van der Waals surface area contributed by atoms with E-state index in [1.807, 2.05) is 19.9 Å². The third-order valence-electron chi connectivity index (χ3n) is 2.54. The molecule has 1 atom stereocenters. The lowest BCUT2D eigenvalue weighted by Crippen LogP contribution is -2.26. The molecule has 1 rings (SSSR count). The summed E-state index contributed by atoms with van der Waals surface area (Å²) in [6.45, 7) is 10.6. The van der Waals surface area contributed by atoms with Gasteiger partial charge in [-0.2, -0.15) is 0 Å². The normalized spacial score (nSPS) is 12.9.